The molecule has 1 aliphatic heterocycles. The first-order valence-corrected chi connectivity index (χ1v) is 10.3. The highest BCUT2D eigenvalue weighted by Crippen LogP contribution is 2.29. The molecule has 4 aromatic rings. The lowest BCUT2D eigenvalue weighted by Crippen LogP contribution is -2.35. The van der Waals surface area contributed by atoms with E-state index in [0.717, 1.165) is 41.9 Å². The molecule has 2 aromatic carbocycles. The van der Waals surface area contributed by atoms with Crippen molar-refractivity contribution in [1.29, 1.82) is 0 Å². The average Bonchev–Trinajstić information content (AvgIpc) is 3.20. The summed E-state index contributed by atoms with van der Waals surface area (Å²) in [7, 11) is 0. The van der Waals surface area contributed by atoms with E-state index in [-0.39, 0.29) is 5.82 Å². The van der Waals surface area contributed by atoms with E-state index < -0.39 is 0 Å². The predicted molar refractivity (Wildman–Crippen MR) is 117 cm³/mol. The average molecular weight is 402 g/mol. The molecule has 0 bridgehead atoms. The van der Waals surface area contributed by atoms with Crippen LogP contribution in [0.3, 0.4) is 0 Å². The van der Waals surface area contributed by atoms with Gasteiger partial charge in [-0.2, -0.15) is 15.1 Å². The van der Waals surface area contributed by atoms with Crippen LogP contribution in [0.25, 0.3) is 16.7 Å². The van der Waals surface area contributed by atoms with Crippen molar-refractivity contribution in [2.24, 2.45) is 5.92 Å². The molecule has 3 heterocycles. The second kappa shape index (κ2) is 7.74. The van der Waals surface area contributed by atoms with Crippen molar-refractivity contribution in [1.82, 2.24) is 19.7 Å². The molecule has 1 saturated heterocycles. The normalized spacial score (nSPS) is 16.7. The van der Waals surface area contributed by atoms with Gasteiger partial charge in [-0.1, -0.05) is 25.1 Å². The SMILES string of the molecule is C[C@@H]1CCCN(c2nc(Nc3ccc(F)cc3)c3cnn(-c4ccccc4)c3n2)C1. The largest absolute Gasteiger partial charge is 0.340 e. The number of para-hydroxylation sites is 1. The highest BCUT2D eigenvalue weighted by atomic mass is 19.1. The molecule has 1 atom stereocenters. The van der Waals surface area contributed by atoms with Crippen LogP contribution in [-0.2, 0) is 0 Å². The molecule has 1 N–H and O–H groups in total. The van der Waals surface area contributed by atoms with Crippen molar-refractivity contribution >= 4 is 28.5 Å². The maximum Gasteiger partial charge on any atom is 0.229 e. The number of piperidine rings is 1. The summed E-state index contributed by atoms with van der Waals surface area (Å²) in [5.41, 5.74) is 2.45. The molecular formula is C23H23FN6. The van der Waals surface area contributed by atoms with Crippen molar-refractivity contribution in [2.75, 3.05) is 23.3 Å². The fourth-order valence-electron chi connectivity index (χ4n) is 3.93. The van der Waals surface area contributed by atoms with Gasteiger partial charge < -0.3 is 10.2 Å². The summed E-state index contributed by atoms with van der Waals surface area (Å²) < 4.78 is 15.2. The molecule has 0 unspecified atom stereocenters. The number of anilines is 3. The second-order valence-electron chi connectivity index (χ2n) is 7.83. The summed E-state index contributed by atoms with van der Waals surface area (Å²) in [5, 5.41) is 8.73. The molecule has 30 heavy (non-hydrogen) atoms. The van der Waals surface area contributed by atoms with Crippen LogP contribution >= 0.6 is 0 Å². The Hall–Kier alpha value is -3.48. The number of hydrogen-bond acceptors (Lipinski definition) is 5. The molecule has 0 radical (unpaired) electrons. The van der Waals surface area contributed by atoms with Crippen LogP contribution in [-0.4, -0.2) is 32.8 Å². The number of benzene rings is 2. The number of rotatable bonds is 4. The van der Waals surface area contributed by atoms with E-state index in [4.69, 9.17) is 9.97 Å². The van der Waals surface area contributed by atoms with Crippen LogP contribution < -0.4 is 10.2 Å². The molecule has 6 nitrogen and oxygen atoms in total. The van der Waals surface area contributed by atoms with E-state index in [2.05, 4.69) is 22.2 Å². The third-order valence-corrected chi connectivity index (χ3v) is 5.46. The Morgan fingerprint density at radius 2 is 1.83 bits per heavy atom. The Morgan fingerprint density at radius 1 is 1.03 bits per heavy atom. The first-order valence-electron chi connectivity index (χ1n) is 10.3. The summed E-state index contributed by atoms with van der Waals surface area (Å²) in [6, 6.07) is 16.2. The van der Waals surface area contributed by atoms with Gasteiger partial charge in [0.2, 0.25) is 5.95 Å². The lowest BCUT2D eigenvalue weighted by molar-refractivity contribution is 0.442. The predicted octanol–water partition coefficient (Wildman–Crippen LogP) is 4.93. The highest BCUT2D eigenvalue weighted by molar-refractivity contribution is 5.90. The smallest absolute Gasteiger partial charge is 0.229 e. The topological polar surface area (TPSA) is 58.9 Å². The van der Waals surface area contributed by atoms with E-state index in [1.54, 1.807) is 18.3 Å². The monoisotopic (exact) mass is 402 g/mol. The first kappa shape index (κ1) is 18.5. The molecule has 0 aliphatic carbocycles. The van der Waals surface area contributed by atoms with Crippen molar-refractivity contribution in [3.63, 3.8) is 0 Å². The van der Waals surface area contributed by atoms with Gasteiger partial charge >= 0.3 is 0 Å². The Balaban J connectivity index is 1.63. The zero-order valence-electron chi connectivity index (χ0n) is 16.8. The van der Waals surface area contributed by atoms with Crippen LogP contribution in [0.15, 0.2) is 60.8 Å². The van der Waals surface area contributed by atoms with Gasteiger partial charge in [0.1, 0.15) is 11.6 Å². The molecule has 0 spiro atoms. The molecule has 2 aromatic heterocycles. The van der Waals surface area contributed by atoms with E-state index in [1.165, 1.54) is 18.6 Å². The number of nitrogens with one attached hydrogen (secondary N) is 1. The number of hydrogen-bond donors (Lipinski definition) is 1. The first-order chi connectivity index (χ1) is 14.7. The molecule has 5 rings (SSSR count). The van der Waals surface area contributed by atoms with Crippen LogP contribution in [0, 0.1) is 11.7 Å². The van der Waals surface area contributed by atoms with E-state index in [1.807, 2.05) is 35.0 Å². The molecular weight excluding hydrogens is 379 g/mol. The van der Waals surface area contributed by atoms with Gasteiger partial charge in [-0.05, 0) is 55.2 Å². The minimum Gasteiger partial charge on any atom is -0.340 e. The van der Waals surface area contributed by atoms with E-state index >= 15 is 0 Å². The van der Waals surface area contributed by atoms with Crippen LogP contribution in [0.4, 0.5) is 21.8 Å². The Morgan fingerprint density at radius 3 is 2.60 bits per heavy atom. The van der Waals surface area contributed by atoms with Gasteiger partial charge in [-0.25, -0.2) is 9.07 Å². The Labute approximate surface area is 174 Å². The van der Waals surface area contributed by atoms with Crippen LogP contribution in [0.5, 0.6) is 0 Å². The molecule has 0 amide bonds. The maximum absolute atomic E-state index is 13.3. The molecule has 1 fully saturated rings. The molecule has 0 saturated carbocycles. The summed E-state index contributed by atoms with van der Waals surface area (Å²) in [4.78, 5) is 12.0. The zero-order chi connectivity index (χ0) is 20.5. The van der Waals surface area contributed by atoms with Gasteiger partial charge in [0.05, 0.1) is 17.3 Å². The van der Waals surface area contributed by atoms with Gasteiger partial charge in [0.25, 0.3) is 0 Å². The minimum absolute atomic E-state index is 0.270. The summed E-state index contributed by atoms with van der Waals surface area (Å²) in [5.74, 6) is 1.69. The third kappa shape index (κ3) is 3.58. The number of fused-ring (bicyclic) bond motifs is 1. The fourth-order valence-corrected chi connectivity index (χ4v) is 3.93. The minimum atomic E-state index is -0.270. The lowest BCUT2D eigenvalue weighted by atomic mass is 10.0. The zero-order valence-corrected chi connectivity index (χ0v) is 16.8. The number of aromatic nitrogens is 4. The van der Waals surface area contributed by atoms with Crippen LogP contribution in [0.2, 0.25) is 0 Å². The quantitative estimate of drug-likeness (QED) is 0.524. The van der Waals surface area contributed by atoms with E-state index in [0.29, 0.717) is 17.7 Å². The third-order valence-electron chi connectivity index (χ3n) is 5.46. The van der Waals surface area contributed by atoms with Gasteiger partial charge in [-0.3, -0.25) is 0 Å². The summed E-state index contributed by atoms with van der Waals surface area (Å²) >= 11 is 0. The van der Waals surface area contributed by atoms with Gasteiger partial charge in [0.15, 0.2) is 5.65 Å². The van der Waals surface area contributed by atoms with Gasteiger partial charge in [0, 0.05) is 18.8 Å². The standard InChI is InChI=1S/C23H23FN6/c1-16-6-5-13-29(15-16)23-27-21(26-18-11-9-17(24)10-12-18)20-14-25-30(22(20)28-23)19-7-3-2-4-8-19/h2-4,7-12,14,16H,5-6,13,15H2,1H3,(H,26,27,28)/t16-/m1/s1. The maximum atomic E-state index is 13.3. The Bertz CT molecular complexity index is 1160. The van der Waals surface area contributed by atoms with Crippen molar-refractivity contribution in [3.8, 4) is 5.69 Å². The van der Waals surface area contributed by atoms with Crippen molar-refractivity contribution in [2.45, 2.75) is 19.8 Å². The molecule has 1 aliphatic rings. The summed E-state index contributed by atoms with van der Waals surface area (Å²) in [6.45, 7) is 4.13. The van der Waals surface area contributed by atoms with Crippen molar-refractivity contribution in [3.05, 3.63) is 66.6 Å². The molecule has 152 valence electrons. The second-order valence-corrected chi connectivity index (χ2v) is 7.83. The lowest BCUT2D eigenvalue weighted by Gasteiger charge is -2.31. The fraction of sp³-hybridized carbons (Fsp3) is 0.261. The van der Waals surface area contributed by atoms with Crippen LogP contribution in [0.1, 0.15) is 19.8 Å². The number of nitrogens with zero attached hydrogens (tertiary/aromatic N) is 5. The molecule has 7 heteroatoms. The number of halogens is 1. The van der Waals surface area contributed by atoms with E-state index in [9.17, 15) is 4.39 Å². The van der Waals surface area contributed by atoms with Crippen molar-refractivity contribution < 1.29 is 4.39 Å². The highest BCUT2D eigenvalue weighted by Gasteiger charge is 2.22. The Kier molecular flexibility index (Phi) is 4.78. The summed E-state index contributed by atoms with van der Waals surface area (Å²) in [6.07, 6.45) is 4.12. The van der Waals surface area contributed by atoms with Gasteiger partial charge in [-0.15, -0.1) is 0 Å².